The number of rotatable bonds is 1. The van der Waals surface area contributed by atoms with Gasteiger partial charge in [0.2, 0.25) is 0 Å². The Morgan fingerprint density at radius 1 is 1.54 bits per heavy atom. The topological polar surface area (TPSA) is 49.0 Å². The van der Waals surface area contributed by atoms with Gasteiger partial charge < -0.3 is 9.67 Å². The zero-order valence-electron chi connectivity index (χ0n) is 7.70. The molecule has 3 heteroatoms. The Morgan fingerprint density at radius 2 is 2.31 bits per heavy atom. The summed E-state index contributed by atoms with van der Waals surface area (Å²) in [5.74, 6) is 0. The molecule has 1 fully saturated rings. The highest BCUT2D eigenvalue weighted by Gasteiger charge is 2.30. The van der Waals surface area contributed by atoms with Crippen molar-refractivity contribution in [3.8, 4) is 0 Å². The van der Waals surface area contributed by atoms with Crippen LogP contribution in [0.5, 0.6) is 0 Å². The largest absolute Gasteiger partial charge is 0.391 e. The Kier molecular flexibility index (Phi) is 1.96. The number of nitrogens with zero attached hydrogens (tertiary/aromatic N) is 1. The highest BCUT2D eigenvalue weighted by Crippen LogP contribution is 2.30. The summed E-state index contributed by atoms with van der Waals surface area (Å²) >= 11 is 0. The zero-order valence-corrected chi connectivity index (χ0v) is 7.70. The lowest BCUT2D eigenvalue weighted by molar-refractivity contribution is 0.0291. The lowest BCUT2D eigenvalue weighted by atomic mass is 9.89. The number of hydrogen-bond acceptors (Lipinski definition) is 2. The first-order valence-electron chi connectivity index (χ1n) is 4.60. The molecule has 0 amide bonds. The van der Waals surface area contributed by atoms with E-state index in [0.29, 0.717) is 5.49 Å². The molecule has 70 valence electrons. The highest BCUT2D eigenvalue weighted by atomic mass is 16.3. The van der Waals surface area contributed by atoms with Crippen LogP contribution in [0.1, 0.15) is 24.4 Å². The first-order chi connectivity index (χ1) is 6.20. The van der Waals surface area contributed by atoms with Crippen molar-refractivity contribution in [2.24, 2.45) is 0 Å². The van der Waals surface area contributed by atoms with Crippen molar-refractivity contribution in [2.45, 2.75) is 31.9 Å². The lowest BCUT2D eigenvalue weighted by Gasteiger charge is -2.34. The van der Waals surface area contributed by atoms with Gasteiger partial charge in [0.15, 0.2) is 0 Å². The molecule has 1 aromatic heterocycles. The van der Waals surface area contributed by atoms with Crippen LogP contribution in [-0.2, 0) is 0 Å². The van der Waals surface area contributed by atoms with Crippen molar-refractivity contribution in [1.29, 1.82) is 5.41 Å². The fourth-order valence-corrected chi connectivity index (χ4v) is 1.70. The van der Waals surface area contributed by atoms with Crippen LogP contribution in [0.15, 0.2) is 18.3 Å². The first kappa shape index (κ1) is 8.51. The van der Waals surface area contributed by atoms with Crippen molar-refractivity contribution < 1.29 is 5.11 Å². The molecule has 0 unspecified atom stereocenters. The van der Waals surface area contributed by atoms with E-state index >= 15 is 0 Å². The minimum atomic E-state index is -0.254. The van der Waals surface area contributed by atoms with E-state index in [2.05, 4.69) is 0 Å². The molecule has 0 bridgehead atoms. The van der Waals surface area contributed by atoms with Gasteiger partial charge in [-0.2, -0.15) is 0 Å². The van der Waals surface area contributed by atoms with Crippen LogP contribution >= 0.6 is 0 Å². The molecule has 1 aliphatic carbocycles. The quantitative estimate of drug-likeness (QED) is 0.661. The molecule has 0 aliphatic heterocycles. The van der Waals surface area contributed by atoms with E-state index in [1.54, 1.807) is 0 Å². The molecule has 2 atom stereocenters. The van der Waals surface area contributed by atoms with Gasteiger partial charge in [0.1, 0.15) is 5.49 Å². The summed E-state index contributed by atoms with van der Waals surface area (Å²) in [4.78, 5) is 0. The molecule has 0 aromatic carbocycles. The molecule has 13 heavy (non-hydrogen) atoms. The monoisotopic (exact) mass is 178 g/mol. The third kappa shape index (κ3) is 1.29. The minimum Gasteiger partial charge on any atom is -0.391 e. The van der Waals surface area contributed by atoms with Crippen LogP contribution in [0.3, 0.4) is 0 Å². The third-order valence-electron chi connectivity index (χ3n) is 2.78. The van der Waals surface area contributed by atoms with Crippen LogP contribution in [-0.4, -0.2) is 15.8 Å². The number of aryl methyl sites for hydroxylation is 1. The summed E-state index contributed by atoms with van der Waals surface area (Å²) in [7, 11) is 0. The average molecular weight is 178 g/mol. The smallest absolute Gasteiger partial charge is 0.127 e. The standard InChI is InChI=1S/C10H14N2O/c1-7-3-2-6-12(10(7)11)8-4-5-9(8)13/h2-3,6,8-9,11,13H,4-5H2,1H3/t8-,9-/m1/s1. The van der Waals surface area contributed by atoms with Crippen LogP contribution in [0.25, 0.3) is 0 Å². The Labute approximate surface area is 77.2 Å². The molecule has 1 saturated carbocycles. The van der Waals surface area contributed by atoms with Gasteiger partial charge in [-0.05, 0) is 31.4 Å². The van der Waals surface area contributed by atoms with E-state index in [9.17, 15) is 5.11 Å². The summed E-state index contributed by atoms with van der Waals surface area (Å²) in [6.07, 6.45) is 3.48. The van der Waals surface area contributed by atoms with Gasteiger partial charge in [0.05, 0.1) is 12.1 Å². The van der Waals surface area contributed by atoms with E-state index < -0.39 is 0 Å². The molecule has 0 saturated heterocycles. The maximum absolute atomic E-state index is 9.47. The second-order valence-electron chi connectivity index (χ2n) is 3.66. The second kappa shape index (κ2) is 3.00. The Hall–Kier alpha value is -1.09. The molecule has 2 N–H and O–H groups in total. The van der Waals surface area contributed by atoms with Gasteiger partial charge in [0, 0.05) is 6.20 Å². The van der Waals surface area contributed by atoms with Gasteiger partial charge in [0.25, 0.3) is 0 Å². The van der Waals surface area contributed by atoms with Crippen molar-refractivity contribution in [3.63, 3.8) is 0 Å². The normalized spacial score (nSPS) is 26.9. The first-order valence-corrected chi connectivity index (χ1v) is 4.60. The van der Waals surface area contributed by atoms with Crippen molar-refractivity contribution in [3.05, 3.63) is 29.4 Å². The van der Waals surface area contributed by atoms with Crippen molar-refractivity contribution >= 4 is 0 Å². The van der Waals surface area contributed by atoms with Gasteiger partial charge in [-0.25, -0.2) is 0 Å². The Morgan fingerprint density at radius 3 is 2.85 bits per heavy atom. The number of pyridine rings is 1. The van der Waals surface area contributed by atoms with E-state index in [1.807, 2.05) is 29.8 Å². The Balaban J connectivity index is 2.40. The SMILES string of the molecule is Cc1cccn([C@@H]2CC[C@H]2O)c1=N. The molecule has 2 rings (SSSR count). The van der Waals surface area contributed by atoms with Crippen LogP contribution in [0.2, 0.25) is 0 Å². The number of nitrogens with one attached hydrogen (secondary N) is 1. The molecule has 0 radical (unpaired) electrons. The molecular formula is C10H14N2O. The third-order valence-corrected chi connectivity index (χ3v) is 2.78. The number of aliphatic hydroxyl groups excluding tert-OH is 1. The van der Waals surface area contributed by atoms with Crippen LogP contribution in [0, 0.1) is 12.3 Å². The number of aromatic nitrogens is 1. The van der Waals surface area contributed by atoms with E-state index in [0.717, 1.165) is 18.4 Å². The van der Waals surface area contributed by atoms with Crippen molar-refractivity contribution in [2.75, 3.05) is 0 Å². The summed E-state index contributed by atoms with van der Waals surface area (Å²) in [5.41, 5.74) is 1.48. The van der Waals surface area contributed by atoms with Gasteiger partial charge >= 0.3 is 0 Å². The fourth-order valence-electron chi connectivity index (χ4n) is 1.70. The lowest BCUT2D eigenvalue weighted by Crippen LogP contribution is -2.39. The maximum Gasteiger partial charge on any atom is 0.127 e. The molecule has 0 spiro atoms. The predicted octanol–water partition coefficient (Wildman–Crippen LogP) is 0.972. The molecule has 3 nitrogen and oxygen atoms in total. The van der Waals surface area contributed by atoms with Gasteiger partial charge in [-0.3, -0.25) is 5.41 Å². The fraction of sp³-hybridized carbons (Fsp3) is 0.500. The van der Waals surface area contributed by atoms with Crippen LogP contribution < -0.4 is 5.49 Å². The van der Waals surface area contributed by atoms with E-state index in [4.69, 9.17) is 5.41 Å². The van der Waals surface area contributed by atoms with E-state index in [-0.39, 0.29) is 12.1 Å². The molecule has 1 heterocycles. The molecular weight excluding hydrogens is 164 g/mol. The Bertz CT molecular complexity index is 369. The van der Waals surface area contributed by atoms with Crippen LogP contribution in [0.4, 0.5) is 0 Å². The van der Waals surface area contributed by atoms with Gasteiger partial charge in [-0.1, -0.05) is 6.07 Å². The zero-order chi connectivity index (χ0) is 9.42. The molecule has 1 aromatic rings. The minimum absolute atomic E-state index is 0.132. The number of aliphatic hydroxyl groups is 1. The van der Waals surface area contributed by atoms with Gasteiger partial charge in [-0.15, -0.1) is 0 Å². The maximum atomic E-state index is 9.47. The average Bonchev–Trinajstić information content (AvgIpc) is 2.10. The molecule has 1 aliphatic rings. The summed E-state index contributed by atoms with van der Waals surface area (Å²) < 4.78 is 1.86. The highest BCUT2D eigenvalue weighted by molar-refractivity contribution is 5.08. The number of hydrogen-bond donors (Lipinski definition) is 2. The second-order valence-corrected chi connectivity index (χ2v) is 3.66. The summed E-state index contributed by atoms with van der Waals surface area (Å²) in [5, 5.41) is 17.3. The van der Waals surface area contributed by atoms with E-state index in [1.165, 1.54) is 0 Å². The van der Waals surface area contributed by atoms with Crippen molar-refractivity contribution in [1.82, 2.24) is 4.57 Å². The summed E-state index contributed by atoms with van der Waals surface area (Å²) in [6.45, 7) is 1.92. The predicted molar refractivity (Wildman–Crippen MR) is 49.3 cm³/mol. The summed E-state index contributed by atoms with van der Waals surface area (Å²) in [6, 6.07) is 3.98.